The van der Waals surface area contributed by atoms with Crippen molar-refractivity contribution in [3.8, 4) is 0 Å². The van der Waals surface area contributed by atoms with Crippen LogP contribution >= 0.6 is 0 Å². The summed E-state index contributed by atoms with van der Waals surface area (Å²) in [6.45, 7) is 0.0714. The highest BCUT2D eigenvalue weighted by molar-refractivity contribution is 5.80. The van der Waals surface area contributed by atoms with E-state index >= 15 is 0 Å². The van der Waals surface area contributed by atoms with Crippen molar-refractivity contribution < 1.29 is 19.4 Å². The summed E-state index contributed by atoms with van der Waals surface area (Å²) in [4.78, 5) is 29.0. The monoisotopic (exact) mass is 275 g/mol. The number of imidazole rings is 1. The molecular formula is C13H13N3O4. The number of benzene rings is 1. The summed E-state index contributed by atoms with van der Waals surface area (Å²) in [6.07, 6.45) is 1.86. The molecule has 0 aliphatic rings. The van der Waals surface area contributed by atoms with E-state index in [2.05, 4.69) is 15.3 Å². The number of hydrogen-bond donors (Lipinski definition) is 3. The van der Waals surface area contributed by atoms with Crippen LogP contribution in [-0.2, 0) is 16.1 Å². The first kappa shape index (κ1) is 13.6. The normalized spacial score (nSPS) is 11.6. The minimum atomic E-state index is -1.22. The lowest BCUT2D eigenvalue weighted by molar-refractivity contribution is -0.139. The van der Waals surface area contributed by atoms with E-state index in [-0.39, 0.29) is 12.3 Å². The number of nitrogens with one attached hydrogen (secondary N) is 2. The van der Waals surface area contributed by atoms with Crippen molar-refractivity contribution in [2.45, 2.75) is 12.6 Å². The number of nitrogens with zero attached hydrogens (tertiary/aromatic N) is 1. The maximum atomic E-state index is 11.6. The Hall–Kier alpha value is -2.83. The van der Waals surface area contributed by atoms with Gasteiger partial charge in [0.2, 0.25) is 0 Å². The Balaban J connectivity index is 1.91. The average molecular weight is 275 g/mol. The van der Waals surface area contributed by atoms with Crippen LogP contribution in [0, 0.1) is 0 Å². The van der Waals surface area contributed by atoms with Gasteiger partial charge in [0, 0.05) is 0 Å². The van der Waals surface area contributed by atoms with Crippen LogP contribution in [-0.4, -0.2) is 27.1 Å². The summed E-state index contributed by atoms with van der Waals surface area (Å²) >= 11 is 0. The van der Waals surface area contributed by atoms with Gasteiger partial charge in [0.15, 0.2) is 6.04 Å². The lowest BCUT2D eigenvalue weighted by Gasteiger charge is -2.13. The third-order valence-corrected chi connectivity index (χ3v) is 2.55. The van der Waals surface area contributed by atoms with E-state index in [1.807, 2.05) is 18.2 Å². The van der Waals surface area contributed by atoms with Gasteiger partial charge in [-0.15, -0.1) is 0 Å². The SMILES string of the molecule is O=C(NC(C(=O)O)c1cnc[nH]1)OCc1ccccc1. The summed E-state index contributed by atoms with van der Waals surface area (Å²) < 4.78 is 4.96. The fourth-order valence-corrected chi connectivity index (χ4v) is 1.58. The number of amides is 1. The van der Waals surface area contributed by atoms with Crippen LogP contribution in [0.15, 0.2) is 42.9 Å². The van der Waals surface area contributed by atoms with Gasteiger partial charge >= 0.3 is 12.1 Å². The molecule has 1 amide bonds. The summed E-state index contributed by atoms with van der Waals surface area (Å²) in [6, 6.07) is 7.87. The Bertz CT molecular complexity index is 569. The minimum Gasteiger partial charge on any atom is -0.479 e. The molecule has 2 rings (SSSR count). The molecule has 20 heavy (non-hydrogen) atoms. The summed E-state index contributed by atoms with van der Waals surface area (Å²) in [5.41, 5.74) is 1.09. The molecule has 0 aliphatic heterocycles. The molecule has 3 N–H and O–H groups in total. The number of ether oxygens (including phenoxy) is 1. The van der Waals surface area contributed by atoms with E-state index in [9.17, 15) is 9.59 Å². The first-order valence-corrected chi connectivity index (χ1v) is 5.85. The number of rotatable bonds is 5. The molecule has 1 atom stereocenters. The van der Waals surface area contributed by atoms with E-state index in [4.69, 9.17) is 9.84 Å². The van der Waals surface area contributed by atoms with E-state index in [1.54, 1.807) is 12.1 Å². The maximum absolute atomic E-state index is 11.6. The fraction of sp³-hybridized carbons (Fsp3) is 0.154. The molecule has 0 saturated heterocycles. The number of aromatic nitrogens is 2. The Morgan fingerprint density at radius 1 is 1.35 bits per heavy atom. The molecule has 0 saturated carbocycles. The van der Waals surface area contributed by atoms with Gasteiger partial charge in [-0.1, -0.05) is 30.3 Å². The number of H-pyrrole nitrogens is 1. The first-order chi connectivity index (χ1) is 9.66. The van der Waals surface area contributed by atoms with Crippen LogP contribution < -0.4 is 5.32 Å². The number of alkyl carbamates (subject to hydrolysis) is 1. The van der Waals surface area contributed by atoms with Crippen molar-refractivity contribution in [2.75, 3.05) is 0 Å². The van der Waals surface area contributed by atoms with Crippen molar-refractivity contribution in [3.05, 3.63) is 54.1 Å². The molecule has 2 aromatic rings. The number of hydrogen-bond acceptors (Lipinski definition) is 4. The molecule has 1 aromatic carbocycles. The molecule has 104 valence electrons. The average Bonchev–Trinajstić information content (AvgIpc) is 2.97. The quantitative estimate of drug-likeness (QED) is 0.766. The highest BCUT2D eigenvalue weighted by atomic mass is 16.5. The largest absolute Gasteiger partial charge is 0.479 e. The second-order valence-corrected chi connectivity index (χ2v) is 3.98. The van der Waals surface area contributed by atoms with E-state index in [0.717, 1.165) is 5.56 Å². The van der Waals surface area contributed by atoms with Gasteiger partial charge in [0.05, 0.1) is 18.2 Å². The molecule has 1 aromatic heterocycles. The zero-order valence-electron chi connectivity index (χ0n) is 10.4. The first-order valence-electron chi connectivity index (χ1n) is 5.85. The second-order valence-electron chi connectivity index (χ2n) is 3.98. The number of carbonyl (C=O) groups excluding carboxylic acids is 1. The molecule has 7 nitrogen and oxygen atoms in total. The predicted molar refractivity (Wildman–Crippen MR) is 68.7 cm³/mol. The van der Waals surface area contributed by atoms with E-state index < -0.39 is 18.1 Å². The standard InChI is InChI=1S/C13H13N3O4/c17-12(18)11(10-6-14-8-15-10)16-13(19)20-7-9-4-2-1-3-5-9/h1-6,8,11H,7H2,(H,14,15)(H,16,19)(H,17,18). The van der Waals surface area contributed by atoms with E-state index in [0.29, 0.717) is 0 Å². The zero-order valence-corrected chi connectivity index (χ0v) is 10.4. The van der Waals surface area contributed by atoms with Crippen molar-refractivity contribution in [3.63, 3.8) is 0 Å². The molecule has 0 spiro atoms. The molecule has 0 bridgehead atoms. The number of aromatic amines is 1. The zero-order chi connectivity index (χ0) is 14.4. The highest BCUT2D eigenvalue weighted by Crippen LogP contribution is 2.09. The third-order valence-electron chi connectivity index (χ3n) is 2.55. The topological polar surface area (TPSA) is 104 Å². The van der Waals surface area contributed by atoms with E-state index in [1.165, 1.54) is 12.5 Å². The fourth-order valence-electron chi connectivity index (χ4n) is 1.58. The van der Waals surface area contributed by atoms with Gasteiger partial charge in [-0.25, -0.2) is 14.6 Å². The summed E-state index contributed by atoms with van der Waals surface area (Å²) in [5, 5.41) is 11.3. The van der Waals surface area contributed by atoms with Crippen LogP contribution in [0.3, 0.4) is 0 Å². The van der Waals surface area contributed by atoms with Crippen molar-refractivity contribution in [1.29, 1.82) is 0 Å². The minimum absolute atomic E-state index is 0.0714. The third kappa shape index (κ3) is 3.58. The Morgan fingerprint density at radius 2 is 2.10 bits per heavy atom. The van der Waals surface area contributed by atoms with Gasteiger partial charge in [0.1, 0.15) is 6.61 Å². The molecule has 7 heteroatoms. The van der Waals surface area contributed by atoms with Crippen LogP contribution in [0.2, 0.25) is 0 Å². The predicted octanol–water partition coefficient (Wildman–Crippen LogP) is 1.46. The van der Waals surface area contributed by atoms with Crippen molar-refractivity contribution in [1.82, 2.24) is 15.3 Å². The number of aliphatic carboxylic acids is 1. The van der Waals surface area contributed by atoms with Gasteiger partial charge in [-0.3, -0.25) is 0 Å². The molecule has 1 heterocycles. The smallest absolute Gasteiger partial charge is 0.408 e. The number of carbonyl (C=O) groups is 2. The van der Waals surface area contributed by atoms with Crippen molar-refractivity contribution in [2.24, 2.45) is 0 Å². The maximum Gasteiger partial charge on any atom is 0.408 e. The van der Waals surface area contributed by atoms with Gasteiger partial charge in [-0.2, -0.15) is 0 Å². The number of carboxylic acid groups (broad SMARTS) is 1. The molecule has 0 radical (unpaired) electrons. The molecule has 0 aliphatic carbocycles. The lowest BCUT2D eigenvalue weighted by atomic mass is 10.2. The van der Waals surface area contributed by atoms with Crippen LogP contribution in [0.5, 0.6) is 0 Å². The lowest BCUT2D eigenvalue weighted by Crippen LogP contribution is -2.34. The van der Waals surface area contributed by atoms with Crippen LogP contribution in [0.25, 0.3) is 0 Å². The van der Waals surface area contributed by atoms with Gasteiger partial charge in [0.25, 0.3) is 0 Å². The second kappa shape index (κ2) is 6.37. The van der Waals surface area contributed by atoms with Crippen molar-refractivity contribution >= 4 is 12.1 Å². The van der Waals surface area contributed by atoms with Crippen LogP contribution in [0.1, 0.15) is 17.3 Å². The van der Waals surface area contributed by atoms with Crippen LogP contribution in [0.4, 0.5) is 4.79 Å². The Morgan fingerprint density at radius 3 is 2.70 bits per heavy atom. The number of carboxylic acids is 1. The molecule has 1 unspecified atom stereocenters. The summed E-state index contributed by atoms with van der Waals surface area (Å²) in [7, 11) is 0. The Labute approximate surface area is 114 Å². The Kier molecular flexibility index (Phi) is 4.33. The highest BCUT2D eigenvalue weighted by Gasteiger charge is 2.23. The van der Waals surface area contributed by atoms with Gasteiger partial charge < -0.3 is 20.1 Å². The van der Waals surface area contributed by atoms with Gasteiger partial charge in [-0.05, 0) is 5.56 Å². The molecular weight excluding hydrogens is 262 g/mol. The summed E-state index contributed by atoms with van der Waals surface area (Å²) in [5.74, 6) is -1.20. The molecule has 0 fully saturated rings.